The van der Waals surface area contributed by atoms with E-state index in [1.165, 1.54) is 10.6 Å². The van der Waals surface area contributed by atoms with Crippen LogP contribution in [0.3, 0.4) is 0 Å². The van der Waals surface area contributed by atoms with E-state index in [-0.39, 0.29) is 43.0 Å². The Labute approximate surface area is 465 Å². The number of benzene rings is 2. The van der Waals surface area contributed by atoms with Gasteiger partial charge in [0.1, 0.15) is 44.1 Å². The summed E-state index contributed by atoms with van der Waals surface area (Å²) in [7, 11) is -4.90. The number of nitrogens with zero attached hydrogens (tertiary/aromatic N) is 3. The fourth-order valence-electron chi connectivity index (χ4n) is 10.5. The third-order valence-electron chi connectivity index (χ3n) is 14.9. The fraction of sp³-hybridized carbons (Fsp3) is 0.415. The largest absolute Gasteiger partial charge is 0.470 e. The van der Waals surface area contributed by atoms with Gasteiger partial charge >= 0.3 is 13.8 Å². The minimum absolute atomic E-state index is 0.0331. The standard InChI is InChI=1S/C53H58FN10O17P/c1-3-53(75)32-16-37-46-30(22-63(37)51(73)31(32)23-79-52(53)74)45-34(12-11-29-26(2)33(54)17-35(61-46)44(29)45)62-50(72)47(28-9-10-28)80-25-59-40(66)20-57-48(70)36(15-27-7-5-4-6-8-27)60-41(67)21-56-39(65)19-58-49(71)38(18-55-24-81-82(76,77)78)64-42(68)13-14-43(64)69/h4-8,13-14,16-17,28,34,36,38,47,55,75H,3,9-12,15,18-25H2,1-2H3,(H,56,65)(H,57,70)(H,58,71)(H,59,66)(H,60,67)(H,62,72)(H2,76,77,78)/t34-,36-,38?,47-,53-/m0/s1. The van der Waals surface area contributed by atoms with Crippen LogP contribution in [-0.2, 0) is 93.3 Å². The number of pyridine rings is 2. The highest BCUT2D eigenvalue weighted by atomic mass is 31.2. The molecule has 9 rings (SSSR count). The van der Waals surface area contributed by atoms with E-state index in [0.29, 0.717) is 80.7 Å². The molecule has 0 bridgehead atoms. The Kier molecular flexibility index (Phi) is 17.2. The number of rotatable bonds is 24. The molecule has 10 N–H and O–H groups in total. The van der Waals surface area contributed by atoms with E-state index in [2.05, 4.69) is 41.7 Å². The van der Waals surface area contributed by atoms with Gasteiger partial charge in [0.05, 0.1) is 54.7 Å². The number of esters is 1. The summed E-state index contributed by atoms with van der Waals surface area (Å²) in [6.45, 7) is -0.800. The molecular formula is C53H58FN10O17P. The molecule has 1 fully saturated rings. The predicted molar refractivity (Wildman–Crippen MR) is 281 cm³/mol. The highest BCUT2D eigenvalue weighted by molar-refractivity contribution is 7.46. The zero-order valence-electron chi connectivity index (χ0n) is 44.2. The summed E-state index contributed by atoms with van der Waals surface area (Å²) in [5.41, 5.74) is 1.66. The molecule has 5 aliphatic rings. The van der Waals surface area contributed by atoms with Gasteiger partial charge in [0.2, 0.25) is 35.4 Å². The zero-order chi connectivity index (χ0) is 58.8. The van der Waals surface area contributed by atoms with E-state index < -0.39 is 142 Å². The van der Waals surface area contributed by atoms with E-state index in [4.69, 9.17) is 24.2 Å². The molecule has 5 atom stereocenters. The van der Waals surface area contributed by atoms with Crippen LogP contribution in [0.4, 0.5) is 4.39 Å². The van der Waals surface area contributed by atoms with Crippen LogP contribution in [0.1, 0.15) is 77.6 Å². The van der Waals surface area contributed by atoms with Crippen molar-refractivity contribution in [3.8, 4) is 11.4 Å². The molecule has 1 saturated carbocycles. The lowest BCUT2D eigenvalue weighted by atomic mass is 9.81. The Morgan fingerprint density at radius 3 is 2.23 bits per heavy atom. The summed E-state index contributed by atoms with van der Waals surface area (Å²) in [5.74, 6) is -8.03. The van der Waals surface area contributed by atoms with Crippen molar-refractivity contribution in [1.29, 1.82) is 0 Å². The molecule has 2 aliphatic carbocycles. The lowest BCUT2D eigenvalue weighted by Gasteiger charge is -2.31. The first kappa shape index (κ1) is 58.5. The summed E-state index contributed by atoms with van der Waals surface area (Å²) in [5, 5.41) is 29.6. The Morgan fingerprint density at radius 2 is 1.55 bits per heavy atom. The topological polar surface area (TPSA) is 381 Å². The van der Waals surface area contributed by atoms with Gasteiger partial charge in [-0.25, -0.2) is 18.7 Å². The minimum Gasteiger partial charge on any atom is -0.458 e. The molecule has 29 heteroatoms. The number of carbonyl (C=O) groups is 9. The molecule has 4 aromatic rings. The zero-order valence-corrected chi connectivity index (χ0v) is 45.1. The highest BCUT2D eigenvalue weighted by Crippen LogP contribution is 2.46. The number of ether oxygens (including phenoxy) is 2. The van der Waals surface area contributed by atoms with Gasteiger partial charge in [-0.2, -0.15) is 0 Å². The number of aliphatic hydroxyl groups is 1. The number of cyclic esters (lactones) is 1. The first-order valence-corrected chi connectivity index (χ1v) is 27.7. The van der Waals surface area contributed by atoms with Gasteiger partial charge in [-0.3, -0.25) is 57.9 Å². The van der Waals surface area contributed by atoms with Gasteiger partial charge in [0.15, 0.2) is 5.60 Å². The van der Waals surface area contributed by atoms with E-state index in [1.54, 1.807) is 50.2 Å². The summed E-state index contributed by atoms with van der Waals surface area (Å²) < 4.78 is 43.5. The van der Waals surface area contributed by atoms with Crippen molar-refractivity contribution in [3.63, 3.8) is 0 Å². The number of phosphoric ester groups is 1. The number of aryl methyl sites for hydroxylation is 1. The quantitative estimate of drug-likeness (QED) is 0.0111. The Balaban J connectivity index is 0.797. The maximum atomic E-state index is 15.5. The molecule has 2 aromatic heterocycles. The third kappa shape index (κ3) is 12.5. The second kappa shape index (κ2) is 24.2. The number of hydrogen-bond donors (Lipinski definition) is 10. The second-order valence-electron chi connectivity index (χ2n) is 20.2. The SMILES string of the molecule is CC[C@@]1(O)C(=O)OCc2c1cc1n(c2=O)Cc2c-1nc1cc(F)c(C)c3c1c2[C@@H](NC(=O)[C@@H](OCNC(=O)CNC(=O)[C@H](Cc1ccccc1)NC(=O)CNC(=O)CNC(=O)C(CNCOP(=O)(O)O)N1C(=O)C=CC1=O)C1CC1)CC3. The van der Waals surface area contributed by atoms with Crippen molar-refractivity contribution in [2.45, 2.75) is 95.4 Å². The van der Waals surface area contributed by atoms with Crippen molar-refractivity contribution in [3.05, 3.63) is 110 Å². The number of nitrogens with one attached hydrogen (secondary N) is 7. The van der Waals surface area contributed by atoms with Crippen molar-refractivity contribution >= 4 is 72.0 Å². The van der Waals surface area contributed by atoms with E-state index in [1.807, 2.05) is 0 Å². The van der Waals surface area contributed by atoms with E-state index >= 15 is 4.39 Å². The van der Waals surface area contributed by atoms with Crippen molar-refractivity contribution < 1.29 is 81.0 Å². The molecular weight excluding hydrogens is 1100 g/mol. The molecule has 3 aliphatic heterocycles. The number of phosphoric acid groups is 1. The minimum atomic E-state index is -4.90. The number of fused-ring (bicyclic) bond motifs is 5. The Hall–Kier alpha value is -8.11. The third-order valence-corrected chi connectivity index (χ3v) is 15.4. The van der Waals surface area contributed by atoms with Crippen LogP contribution in [-0.4, -0.2) is 140 Å². The number of halogens is 1. The smallest absolute Gasteiger partial charge is 0.458 e. The first-order chi connectivity index (χ1) is 39.1. The van der Waals surface area contributed by atoms with Gasteiger partial charge in [0.25, 0.3) is 17.4 Å². The van der Waals surface area contributed by atoms with Crippen LogP contribution in [0.2, 0.25) is 0 Å². The maximum Gasteiger partial charge on any atom is 0.470 e. The molecule has 8 amide bonds. The maximum absolute atomic E-state index is 15.5. The lowest BCUT2D eigenvalue weighted by Crippen LogP contribution is -2.55. The fourth-order valence-corrected chi connectivity index (χ4v) is 10.8. The number of aromatic nitrogens is 2. The average molecular weight is 1160 g/mol. The predicted octanol–water partition coefficient (Wildman–Crippen LogP) is -1.47. The molecule has 0 saturated heterocycles. The van der Waals surface area contributed by atoms with Crippen LogP contribution in [0.25, 0.3) is 22.3 Å². The monoisotopic (exact) mass is 1160 g/mol. The first-order valence-electron chi connectivity index (χ1n) is 26.2. The van der Waals surface area contributed by atoms with Gasteiger partial charge in [-0.15, -0.1) is 0 Å². The average Bonchev–Trinajstić information content (AvgIpc) is 2.36. The van der Waals surface area contributed by atoms with Gasteiger partial charge < -0.3 is 60.8 Å². The molecule has 0 spiro atoms. The van der Waals surface area contributed by atoms with Crippen molar-refractivity contribution in [2.24, 2.45) is 5.92 Å². The number of carbonyl (C=O) groups excluding carboxylic acids is 9. The van der Waals surface area contributed by atoms with Gasteiger partial charge in [-0.1, -0.05) is 37.3 Å². The van der Waals surface area contributed by atoms with E-state index in [0.717, 1.165) is 12.2 Å². The summed E-state index contributed by atoms with van der Waals surface area (Å²) in [4.78, 5) is 155. The molecule has 0 radical (unpaired) electrons. The molecule has 5 heterocycles. The number of amides is 8. The summed E-state index contributed by atoms with van der Waals surface area (Å²) in [6.07, 6.45) is 2.71. The number of imide groups is 1. The van der Waals surface area contributed by atoms with E-state index in [9.17, 15) is 57.6 Å². The summed E-state index contributed by atoms with van der Waals surface area (Å²) >= 11 is 0. The normalized spacial score (nSPS) is 18.8. The molecule has 1 unspecified atom stereocenters. The lowest BCUT2D eigenvalue weighted by molar-refractivity contribution is -0.172. The van der Waals surface area contributed by atoms with Crippen LogP contribution < -0.4 is 42.8 Å². The Morgan fingerprint density at radius 1 is 0.866 bits per heavy atom. The second-order valence-corrected chi connectivity index (χ2v) is 21.5. The molecule has 434 valence electrons. The highest BCUT2D eigenvalue weighted by Gasteiger charge is 2.47. The molecule has 2 aromatic carbocycles. The number of hydrogen-bond acceptors (Lipinski definition) is 17. The van der Waals surface area contributed by atoms with Crippen LogP contribution in [0.15, 0.2) is 59.4 Å². The van der Waals surface area contributed by atoms with Crippen LogP contribution in [0.5, 0.6) is 0 Å². The van der Waals surface area contributed by atoms with Crippen LogP contribution in [0, 0.1) is 18.7 Å². The van der Waals surface area contributed by atoms with Gasteiger partial charge in [0, 0.05) is 47.7 Å². The molecule has 27 nitrogen and oxygen atoms in total. The van der Waals surface area contributed by atoms with Crippen molar-refractivity contribution in [2.75, 3.05) is 39.6 Å². The Bertz CT molecular complexity index is 3440. The summed E-state index contributed by atoms with van der Waals surface area (Å²) in [6, 6.07) is 7.89. The van der Waals surface area contributed by atoms with Crippen molar-refractivity contribution in [1.82, 2.24) is 51.7 Å². The molecule has 82 heavy (non-hydrogen) atoms. The van der Waals surface area contributed by atoms with Gasteiger partial charge in [-0.05, 0) is 73.3 Å². The van der Waals surface area contributed by atoms with Crippen LogP contribution >= 0.6 is 7.82 Å².